The van der Waals surface area contributed by atoms with E-state index in [2.05, 4.69) is 5.32 Å². The topological polar surface area (TPSA) is 49.4 Å². The number of fused-ring (bicyclic) bond motifs is 1. The van der Waals surface area contributed by atoms with E-state index in [-0.39, 0.29) is 17.4 Å². The van der Waals surface area contributed by atoms with Crippen LogP contribution in [0, 0.1) is 0 Å². The van der Waals surface area contributed by atoms with Gasteiger partial charge in [0.15, 0.2) is 0 Å². The number of thiophene rings is 1. The number of carbonyl (C=O) groups excluding carboxylic acids is 2. The van der Waals surface area contributed by atoms with Gasteiger partial charge in [-0.2, -0.15) is 0 Å². The first-order valence-electron chi connectivity index (χ1n) is 9.03. The van der Waals surface area contributed by atoms with Crippen LogP contribution < -0.4 is 5.32 Å². The minimum atomic E-state index is -0.229. The Hall–Kier alpha value is -2.08. The lowest BCUT2D eigenvalue weighted by atomic mass is 9.88. The Morgan fingerprint density at radius 3 is 2.64 bits per heavy atom. The molecule has 2 saturated heterocycles. The van der Waals surface area contributed by atoms with Crippen LogP contribution in [0.1, 0.15) is 22.5 Å². The van der Waals surface area contributed by atoms with Crippen molar-refractivity contribution >= 4 is 56.4 Å². The average molecular weight is 431 g/mol. The van der Waals surface area contributed by atoms with E-state index in [9.17, 15) is 9.59 Å². The molecule has 142 valence electrons. The maximum Gasteiger partial charge on any atom is 0.265 e. The van der Waals surface area contributed by atoms with Gasteiger partial charge in [0.05, 0.1) is 10.6 Å². The third kappa shape index (κ3) is 2.81. The van der Waals surface area contributed by atoms with Gasteiger partial charge in [-0.15, -0.1) is 11.3 Å². The summed E-state index contributed by atoms with van der Waals surface area (Å²) in [4.78, 5) is 26.8. The van der Waals surface area contributed by atoms with Gasteiger partial charge in [-0.3, -0.25) is 9.59 Å². The van der Waals surface area contributed by atoms with Crippen molar-refractivity contribution in [2.45, 2.75) is 18.4 Å². The first-order chi connectivity index (χ1) is 13.5. The second-order valence-corrected chi connectivity index (χ2v) is 9.26. The number of hydrogen-bond acceptors (Lipinski definition) is 3. The second-order valence-electron chi connectivity index (χ2n) is 7.43. The Balaban J connectivity index is 1.44. The summed E-state index contributed by atoms with van der Waals surface area (Å²) < 4.78 is 0.954. The van der Waals surface area contributed by atoms with Crippen molar-refractivity contribution in [1.82, 2.24) is 10.2 Å². The van der Waals surface area contributed by atoms with Gasteiger partial charge in [-0.1, -0.05) is 53.5 Å². The molecule has 28 heavy (non-hydrogen) atoms. The van der Waals surface area contributed by atoms with Crippen molar-refractivity contribution in [3.8, 4) is 11.1 Å². The number of rotatable bonds is 2. The predicted molar refractivity (Wildman–Crippen MR) is 113 cm³/mol. The molecule has 0 bridgehead atoms. The van der Waals surface area contributed by atoms with Crippen LogP contribution in [0.2, 0.25) is 10.0 Å². The van der Waals surface area contributed by atoms with Crippen molar-refractivity contribution in [2.75, 3.05) is 13.1 Å². The summed E-state index contributed by atoms with van der Waals surface area (Å²) in [6.07, 6.45) is 1.33. The van der Waals surface area contributed by atoms with Crippen LogP contribution in [0.15, 0.2) is 42.5 Å². The van der Waals surface area contributed by atoms with E-state index in [1.165, 1.54) is 11.3 Å². The highest BCUT2D eigenvalue weighted by atomic mass is 35.5. The minimum Gasteiger partial charge on any atom is -0.347 e. The third-order valence-electron chi connectivity index (χ3n) is 5.52. The molecule has 2 amide bonds. The average Bonchev–Trinajstić information content (AvgIpc) is 3.21. The quantitative estimate of drug-likeness (QED) is 0.622. The first kappa shape index (κ1) is 18.0. The zero-order valence-electron chi connectivity index (χ0n) is 14.8. The molecule has 4 nitrogen and oxygen atoms in total. The summed E-state index contributed by atoms with van der Waals surface area (Å²) in [7, 11) is 0. The molecule has 3 aromatic rings. The molecule has 7 heteroatoms. The first-order valence-corrected chi connectivity index (χ1v) is 10.6. The summed E-state index contributed by atoms with van der Waals surface area (Å²) in [6, 6.07) is 13.6. The zero-order valence-corrected chi connectivity index (χ0v) is 17.1. The van der Waals surface area contributed by atoms with Gasteiger partial charge in [0.2, 0.25) is 5.91 Å². The molecule has 1 N–H and O–H groups in total. The van der Waals surface area contributed by atoms with E-state index in [0.717, 1.165) is 27.6 Å². The van der Waals surface area contributed by atoms with Crippen molar-refractivity contribution in [3.63, 3.8) is 0 Å². The van der Waals surface area contributed by atoms with Crippen LogP contribution in [-0.2, 0) is 4.79 Å². The number of hydrogen-bond donors (Lipinski definition) is 1. The highest BCUT2D eigenvalue weighted by molar-refractivity contribution is 7.21. The van der Waals surface area contributed by atoms with E-state index in [0.29, 0.717) is 34.4 Å². The fourth-order valence-corrected chi connectivity index (χ4v) is 5.81. The molecule has 0 saturated carbocycles. The lowest BCUT2D eigenvalue weighted by molar-refractivity contribution is -0.120. The Morgan fingerprint density at radius 1 is 1.14 bits per heavy atom. The lowest BCUT2D eigenvalue weighted by Gasteiger charge is -2.47. The lowest BCUT2D eigenvalue weighted by Crippen LogP contribution is -2.68. The smallest absolute Gasteiger partial charge is 0.265 e. The number of carbonyl (C=O) groups is 2. The number of likely N-dealkylation sites (tertiary alicyclic amines) is 1. The minimum absolute atomic E-state index is 0.0686. The Morgan fingerprint density at radius 2 is 1.93 bits per heavy atom. The van der Waals surface area contributed by atoms with Gasteiger partial charge in [-0.05, 0) is 24.1 Å². The maximum atomic E-state index is 13.0. The molecule has 1 aromatic heterocycles. The molecule has 1 spiro atoms. The van der Waals surface area contributed by atoms with Gasteiger partial charge < -0.3 is 10.2 Å². The zero-order chi connectivity index (χ0) is 19.5. The van der Waals surface area contributed by atoms with Crippen LogP contribution in [0.25, 0.3) is 21.2 Å². The highest BCUT2D eigenvalue weighted by Crippen LogP contribution is 2.41. The molecular weight excluding hydrogens is 415 g/mol. The van der Waals surface area contributed by atoms with Crippen LogP contribution in [0.4, 0.5) is 0 Å². The molecule has 2 aliphatic heterocycles. The normalized spacial score (nSPS) is 17.8. The molecule has 5 rings (SSSR count). The van der Waals surface area contributed by atoms with Crippen molar-refractivity contribution in [2.24, 2.45) is 0 Å². The van der Waals surface area contributed by atoms with E-state index in [4.69, 9.17) is 23.2 Å². The second kappa shape index (κ2) is 6.48. The van der Waals surface area contributed by atoms with Crippen LogP contribution in [-0.4, -0.2) is 35.3 Å². The molecule has 0 atom stereocenters. The van der Waals surface area contributed by atoms with Gasteiger partial charge in [0.1, 0.15) is 4.88 Å². The van der Waals surface area contributed by atoms with Gasteiger partial charge in [0, 0.05) is 40.2 Å². The summed E-state index contributed by atoms with van der Waals surface area (Å²) in [5.74, 6) is -0.00337. The fraction of sp³-hybridized carbons (Fsp3) is 0.238. The number of nitrogens with zero attached hydrogens (tertiary/aromatic N) is 1. The van der Waals surface area contributed by atoms with Crippen LogP contribution in [0.5, 0.6) is 0 Å². The predicted octanol–water partition coefficient (Wildman–Crippen LogP) is 4.98. The number of amides is 2. The van der Waals surface area contributed by atoms with Crippen molar-refractivity contribution in [1.29, 1.82) is 0 Å². The molecule has 3 heterocycles. The summed E-state index contributed by atoms with van der Waals surface area (Å²) in [6.45, 7) is 1.10. The molecule has 0 radical (unpaired) electrons. The number of benzene rings is 2. The summed E-state index contributed by atoms with van der Waals surface area (Å²) in [5, 5.41) is 5.05. The maximum absolute atomic E-state index is 13.0. The number of halogens is 2. The molecular formula is C21H16Cl2N2O2S. The van der Waals surface area contributed by atoms with E-state index >= 15 is 0 Å². The number of nitrogens with one attached hydrogen (secondary N) is 1. The van der Waals surface area contributed by atoms with Gasteiger partial charge in [0.25, 0.3) is 5.91 Å². The Bertz CT molecular complexity index is 1130. The van der Waals surface area contributed by atoms with E-state index in [1.807, 2.05) is 42.5 Å². The highest BCUT2D eigenvalue weighted by Gasteiger charge is 2.49. The Kier molecular flexibility index (Phi) is 4.16. The molecule has 0 unspecified atom stereocenters. The molecule has 2 fully saturated rings. The van der Waals surface area contributed by atoms with Crippen molar-refractivity contribution in [3.05, 3.63) is 57.4 Å². The molecule has 2 aromatic carbocycles. The van der Waals surface area contributed by atoms with Crippen LogP contribution >= 0.6 is 34.5 Å². The van der Waals surface area contributed by atoms with E-state index < -0.39 is 0 Å². The largest absolute Gasteiger partial charge is 0.347 e. The van der Waals surface area contributed by atoms with Gasteiger partial charge in [-0.25, -0.2) is 0 Å². The fourth-order valence-electron chi connectivity index (χ4n) is 4.05. The van der Waals surface area contributed by atoms with E-state index in [1.54, 1.807) is 4.90 Å². The molecule has 0 aliphatic carbocycles. The monoisotopic (exact) mass is 430 g/mol. The summed E-state index contributed by atoms with van der Waals surface area (Å²) in [5.41, 5.74) is 1.71. The van der Waals surface area contributed by atoms with Gasteiger partial charge >= 0.3 is 0 Å². The molecule has 2 aliphatic rings. The van der Waals surface area contributed by atoms with Crippen LogP contribution in [0.3, 0.4) is 0 Å². The summed E-state index contributed by atoms with van der Waals surface area (Å²) >= 11 is 14.3. The SMILES string of the molecule is O=C1CCC2(CN(C(=O)c3sc4cc(-c5ccccc5Cl)ccc4c3Cl)C2)N1. The third-order valence-corrected chi connectivity index (χ3v) is 7.49. The van der Waals surface area contributed by atoms with Crippen molar-refractivity contribution < 1.29 is 9.59 Å². The Labute approximate surface area is 176 Å². The standard InChI is InChI=1S/C21H16Cl2N2O2S/c22-15-4-2-1-3-13(15)12-5-6-14-16(9-12)28-19(18(14)23)20(27)25-10-21(11-25)8-7-17(26)24-21/h1-6,9H,7-8,10-11H2,(H,24,26).